The molecule has 0 atom stereocenters. The standard InChI is InChI=1S/C24H24N2O6/c1-30-22-8-4-18(26-24(22)16-9-11-25-12-10-16)20(29)6-5-19(28)17-3-7-21(32-14-13-27)23(15-17)31-2/h3-4,7-12,15,27H,5-6,13-14H2,1-2H3. The molecule has 166 valence electrons. The topological polar surface area (TPSA) is 108 Å². The molecule has 0 amide bonds. The number of ether oxygens (including phenoxy) is 3. The van der Waals surface area contributed by atoms with Gasteiger partial charge < -0.3 is 19.3 Å². The van der Waals surface area contributed by atoms with Gasteiger partial charge in [0.1, 0.15) is 23.7 Å². The van der Waals surface area contributed by atoms with Gasteiger partial charge in [-0.05, 0) is 42.5 Å². The third-order valence-electron chi connectivity index (χ3n) is 4.73. The van der Waals surface area contributed by atoms with Crippen molar-refractivity contribution in [1.29, 1.82) is 0 Å². The van der Waals surface area contributed by atoms with E-state index in [1.54, 1.807) is 54.9 Å². The van der Waals surface area contributed by atoms with Gasteiger partial charge in [-0.1, -0.05) is 0 Å². The molecule has 0 bridgehead atoms. The van der Waals surface area contributed by atoms with Crippen molar-refractivity contribution in [2.45, 2.75) is 12.8 Å². The molecule has 3 aromatic rings. The third kappa shape index (κ3) is 5.47. The van der Waals surface area contributed by atoms with Crippen molar-refractivity contribution in [2.24, 2.45) is 0 Å². The van der Waals surface area contributed by atoms with E-state index in [0.717, 1.165) is 5.56 Å². The molecule has 3 rings (SSSR count). The molecular formula is C24H24N2O6. The van der Waals surface area contributed by atoms with E-state index < -0.39 is 0 Å². The number of carbonyl (C=O) groups is 2. The summed E-state index contributed by atoms with van der Waals surface area (Å²) in [4.78, 5) is 33.8. The number of aliphatic hydroxyl groups is 1. The number of aliphatic hydroxyl groups excluding tert-OH is 1. The molecule has 8 heteroatoms. The second kappa shape index (κ2) is 11.0. The summed E-state index contributed by atoms with van der Waals surface area (Å²) in [5.41, 5.74) is 1.98. The molecule has 0 spiro atoms. The Morgan fingerprint density at radius 3 is 2.25 bits per heavy atom. The van der Waals surface area contributed by atoms with Gasteiger partial charge in [0.15, 0.2) is 23.1 Å². The zero-order valence-electron chi connectivity index (χ0n) is 17.9. The minimum Gasteiger partial charge on any atom is -0.494 e. The number of hydrogen-bond acceptors (Lipinski definition) is 8. The zero-order chi connectivity index (χ0) is 22.9. The van der Waals surface area contributed by atoms with Crippen molar-refractivity contribution < 1.29 is 28.9 Å². The minimum atomic E-state index is -0.244. The van der Waals surface area contributed by atoms with Gasteiger partial charge in [0.05, 0.1) is 20.8 Å². The van der Waals surface area contributed by atoms with Crippen LogP contribution in [-0.2, 0) is 0 Å². The van der Waals surface area contributed by atoms with Crippen molar-refractivity contribution in [2.75, 3.05) is 27.4 Å². The van der Waals surface area contributed by atoms with Crippen LogP contribution in [0.2, 0.25) is 0 Å². The molecule has 0 aliphatic carbocycles. The van der Waals surface area contributed by atoms with E-state index in [9.17, 15) is 9.59 Å². The number of hydrogen-bond donors (Lipinski definition) is 1. The average Bonchev–Trinajstić information content (AvgIpc) is 2.85. The summed E-state index contributed by atoms with van der Waals surface area (Å²) in [5, 5.41) is 8.89. The summed E-state index contributed by atoms with van der Waals surface area (Å²) < 4.78 is 16.0. The smallest absolute Gasteiger partial charge is 0.181 e. The molecule has 0 aliphatic heterocycles. The summed E-state index contributed by atoms with van der Waals surface area (Å²) in [6.45, 7) is -0.0112. The van der Waals surface area contributed by atoms with Crippen LogP contribution < -0.4 is 14.2 Å². The molecule has 0 aliphatic rings. The number of pyridine rings is 2. The largest absolute Gasteiger partial charge is 0.494 e. The number of benzene rings is 1. The van der Waals surface area contributed by atoms with Crippen LogP contribution in [-0.4, -0.2) is 54.1 Å². The molecule has 2 aromatic heterocycles. The van der Waals surface area contributed by atoms with Crippen molar-refractivity contribution in [1.82, 2.24) is 9.97 Å². The molecular weight excluding hydrogens is 412 g/mol. The van der Waals surface area contributed by atoms with Gasteiger partial charge >= 0.3 is 0 Å². The SMILES string of the molecule is COc1cc(C(=O)CCC(=O)c2ccc(OC)c(-c3ccncc3)n2)ccc1OCCO. The van der Waals surface area contributed by atoms with Crippen LogP contribution in [0.5, 0.6) is 17.2 Å². The number of nitrogens with zero attached hydrogens (tertiary/aromatic N) is 2. The molecule has 0 radical (unpaired) electrons. The molecule has 1 N–H and O–H groups in total. The monoisotopic (exact) mass is 436 g/mol. The molecule has 8 nitrogen and oxygen atoms in total. The lowest BCUT2D eigenvalue weighted by molar-refractivity contribution is 0.0914. The molecule has 2 heterocycles. The number of carbonyl (C=O) groups excluding carboxylic acids is 2. The van der Waals surface area contributed by atoms with Crippen LogP contribution in [0.3, 0.4) is 0 Å². The van der Waals surface area contributed by atoms with E-state index in [4.69, 9.17) is 19.3 Å². The maximum atomic E-state index is 12.7. The minimum absolute atomic E-state index is 0.0129. The van der Waals surface area contributed by atoms with Crippen LogP contribution in [0, 0.1) is 0 Å². The lowest BCUT2D eigenvalue weighted by Crippen LogP contribution is -2.08. The summed E-state index contributed by atoms with van der Waals surface area (Å²) in [6, 6.07) is 11.6. The van der Waals surface area contributed by atoms with E-state index in [1.807, 2.05) is 0 Å². The number of ketones is 2. The first-order chi connectivity index (χ1) is 15.6. The maximum Gasteiger partial charge on any atom is 0.181 e. The fraction of sp³-hybridized carbons (Fsp3) is 0.250. The zero-order valence-corrected chi connectivity index (χ0v) is 17.9. The summed E-state index contributed by atoms with van der Waals surface area (Å²) in [5.74, 6) is 0.911. The van der Waals surface area contributed by atoms with Gasteiger partial charge in [-0.15, -0.1) is 0 Å². The Bertz CT molecular complexity index is 1090. The molecule has 32 heavy (non-hydrogen) atoms. The van der Waals surface area contributed by atoms with E-state index in [0.29, 0.717) is 28.5 Å². The number of rotatable bonds is 11. The predicted molar refractivity (Wildman–Crippen MR) is 117 cm³/mol. The van der Waals surface area contributed by atoms with Gasteiger partial charge in [-0.3, -0.25) is 14.6 Å². The highest BCUT2D eigenvalue weighted by molar-refractivity contribution is 6.02. The molecule has 0 saturated carbocycles. The highest BCUT2D eigenvalue weighted by Gasteiger charge is 2.17. The number of Topliss-reactive ketones (excluding diaryl/α,β-unsaturated/α-hetero) is 2. The van der Waals surface area contributed by atoms with Crippen molar-refractivity contribution in [3.63, 3.8) is 0 Å². The summed E-state index contributed by atoms with van der Waals surface area (Å²) in [7, 11) is 3.00. The Labute approximate surface area is 185 Å². The molecule has 0 saturated heterocycles. The highest BCUT2D eigenvalue weighted by Crippen LogP contribution is 2.30. The van der Waals surface area contributed by atoms with Gasteiger partial charge in [-0.2, -0.15) is 0 Å². The van der Waals surface area contributed by atoms with E-state index in [1.165, 1.54) is 14.2 Å². The second-order valence-corrected chi connectivity index (χ2v) is 6.77. The Morgan fingerprint density at radius 2 is 1.56 bits per heavy atom. The first kappa shape index (κ1) is 22.9. The first-order valence-corrected chi connectivity index (χ1v) is 10.0. The van der Waals surface area contributed by atoms with Gasteiger partial charge in [0.25, 0.3) is 0 Å². The maximum absolute atomic E-state index is 12.7. The lowest BCUT2D eigenvalue weighted by Gasteiger charge is -2.11. The van der Waals surface area contributed by atoms with E-state index in [2.05, 4.69) is 9.97 Å². The van der Waals surface area contributed by atoms with E-state index in [-0.39, 0.29) is 43.3 Å². The van der Waals surface area contributed by atoms with Crippen LogP contribution in [0.25, 0.3) is 11.3 Å². The van der Waals surface area contributed by atoms with Gasteiger partial charge in [-0.25, -0.2) is 4.98 Å². The molecule has 0 unspecified atom stereocenters. The number of methoxy groups -OCH3 is 2. The first-order valence-electron chi connectivity index (χ1n) is 10.0. The summed E-state index contributed by atoms with van der Waals surface area (Å²) in [6.07, 6.45) is 3.31. The van der Waals surface area contributed by atoms with Crippen molar-refractivity contribution in [3.8, 4) is 28.5 Å². The Morgan fingerprint density at radius 1 is 0.875 bits per heavy atom. The van der Waals surface area contributed by atoms with Crippen molar-refractivity contribution >= 4 is 11.6 Å². The van der Waals surface area contributed by atoms with Gasteiger partial charge in [0, 0.05) is 36.4 Å². The Hall–Kier alpha value is -3.78. The molecule has 0 fully saturated rings. The fourth-order valence-electron chi connectivity index (χ4n) is 3.10. The van der Waals surface area contributed by atoms with E-state index >= 15 is 0 Å². The quantitative estimate of drug-likeness (QED) is 0.456. The second-order valence-electron chi connectivity index (χ2n) is 6.77. The normalized spacial score (nSPS) is 10.5. The number of aromatic nitrogens is 2. The summed E-state index contributed by atoms with van der Waals surface area (Å²) >= 11 is 0. The third-order valence-corrected chi connectivity index (χ3v) is 4.73. The van der Waals surface area contributed by atoms with Crippen LogP contribution in [0.1, 0.15) is 33.7 Å². The van der Waals surface area contributed by atoms with Crippen molar-refractivity contribution in [3.05, 3.63) is 66.1 Å². The Kier molecular flexibility index (Phi) is 7.88. The Balaban J connectivity index is 1.71. The fourth-order valence-corrected chi connectivity index (χ4v) is 3.10. The average molecular weight is 436 g/mol. The predicted octanol–water partition coefficient (Wildman–Crippen LogP) is 3.38. The van der Waals surface area contributed by atoms with Crippen LogP contribution in [0.4, 0.5) is 0 Å². The highest BCUT2D eigenvalue weighted by atomic mass is 16.5. The van der Waals surface area contributed by atoms with Crippen LogP contribution in [0.15, 0.2) is 54.9 Å². The van der Waals surface area contributed by atoms with Gasteiger partial charge in [0.2, 0.25) is 0 Å². The lowest BCUT2D eigenvalue weighted by atomic mass is 10.0. The molecule has 1 aromatic carbocycles. The van der Waals surface area contributed by atoms with Crippen LogP contribution >= 0.6 is 0 Å².